The molecule has 0 saturated heterocycles. The molecule has 0 aromatic heterocycles. The molecule has 0 N–H and O–H groups in total. The van der Waals surface area contributed by atoms with Crippen molar-refractivity contribution in [1.82, 2.24) is 4.90 Å². The van der Waals surface area contributed by atoms with Gasteiger partial charge in [0, 0.05) is 25.7 Å². The SMILES string of the molecule is CC(=O)N(CCCc1ccccc1)CC(=O)N1CCCc2ccccc21. The minimum atomic E-state index is -0.0447. The maximum atomic E-state index is 12.8. The summed E-state index contributed by atoms with van der Waals surface area (Å²) in [5.41, 5.74) is 3.47. The van der Waals surface area contributed by atoms with E-state index in [1.165, 1.54) is 11.1 Å². The first kappa shape index (κ1) is 18.2. The van der Waals surface area contributed by atoms with Gasteiger partial charge in [0.05, 0.1) is 0 Å². The number of rotatable bonds is 6. The highest BCUT2D eigenvalue weighted by molar-refractivity contribution is 5.97. The lowest BCUT2D eigenvalue weighted by atomic mass is 10.0. The fraction of sp³-hybridized carbons (Fsp3) is 0.364. The molecule has 0 unspecified atom stereocenters. The van der Waals surface area contributed by atoms with E-state index in [2.05, 4.69) is 18.2 Å². The number of hydrogen-bond donors (Lipinski definition) is 0. The molecule has 2 aromatic rings. The first-order chi connectivity index (χ1) is 12.6. The number of para-hydroxylation sites is 1. The quantitative estimate of drug-likeness (QED) is 0.801. The Bertz CT molecular complexity index is 758. The van der Waals surface area contributed by atoms with Crippen molar-refractivity contribution in [2.75, 3.05) is 24.5 Å². The minimum absolute atomic E-state index is 0.00654. The Morgan fingerprint density at radius 3 is 2.54 bits per heavy atom. The van der Waals surface area contributed by atoms with E-state index in [9.17, 15) is 9.59 Å². The number of carbonyl (C=O) groups excluding carboxylic acids is 2. The van der Waals surface area contributed by atoms with Crippen molar-refractivity contribution < 1.29 is 9.59 Å². The smallest absolute Gasteiger partial charge is 0.246 e. The largest absolute Gasteiger partial charge is 0.334 e. The summed E-state index contributed by atoms with van der Waals surface area (Å²) >= 11 is 0. The van der Waals surface area contributed by atoms with Gasteiger partial charge >= 0.3 is 0 Å². The number of amides is 2. The van der Waals surface area contributed by atoms with Crippen LogP contribution in [0.3, 0.4) is 0 Å². The summed E-state index contributed by atoms with van der Waals surface area (Å²) < 4.78 is 0. The molecule has 26 heavy (non-hydrogen) atoms. The van der Waals surface area contributed by atoms with E-state index >= 15 is 0 Å². The number of nitrogens with zero attached hydrogens (tertiary/aromatic N) is 2. The van der Waals surface area contributed by atoms with Crippen LogP contribution in [0, 0.1) is 0 Å². The van der Waals surface area contributed by atoms with Crippen molar-refractivity contribution in [2.45, 2.75) is 32.6 Å². The molecule has 0 aliphatic carbocycles. The molecule has 0 atom stereocenters. The van der Waals surface area contributed by atoms with Gasteiger partial charge < -0.3 is 9.80 Å². The Morgan fingerprint density at radius 2 is 1.77 bits per heavy atom. The van der Waals surface area contributed by atoms with Gasteiger partial charge in [0.25, 0.3) is 0 Å². The molecule has 2 aromatic carbocycles. The van der Waals surface area contributed by atoms with Gasteiger partial charge in [-0.1, -0.05) is 48.5 Å². The summed E-state index contributed by atoms with van der Waals surface area (Å²) in [6, 6.07) is 18.3. The van der Waals surface area contributed by atoms with Crippen LogP contribution >= 0.6 is 0 Å². The second-order valence-electron chi connectivity index (χ2n) is 6.81. The molecule has 0 bridgehead atoms. The predicted molar refractivity (Wildman–Crippen MR) is 104 cm³/mol. The van der Waals surface area contributed by atoms with Gasteiger partial charge in [-0.3, -0.25) is 9.59 Å². The third-order valence-corrected chi connectivity index (χ3v) is 4.92. The third kappa shape index (κ3) is 4.51. The fourth-order valence-corrected chi connectivity index (χ4v) is 3.51. The Kier molecular flexibility index (Phi) is 6.05. The van der Waals surface area contributed by atoms with Crippen LogP contribution < -0.4 is 4.90 Å². The highest BCUT2D eigenvalue weighted by Crippen LogP contribution is 2.26. The monoisotopic (exact) mass is 350 g/mol. The second kappa shape index (κ2) is 8.65. The Morgan fingerprint density at radius 1 is 1.04 bits per heavy atom. The van der Waals surface area contributed by atoms with Crippen molar-refractivity contribution >= 4 is 17.5 Å². The summed E-state index contributed by atoms with van der Waals surface area (Å²) in [5, 5.41) is 0. The van der Waals surface area contributed by atoms with Gasteiger partial charge in [-0.05, 0) is 42.9 Å². The number of hydrogen-bond acceptors (Lipinski definition) is 2. The number of aryl methyl sites for hydroxylation is 2. The molecule has 0 fully saturated rings. The Balaban J connectivity index is 1.59. The van der Waals surface area contributed by atoms with Crippen molar-refractivity contribution in [3.63, 3.8) is 0 Å². The van der Waals surface area contributed by atoms with E-state index in [-0.39, 0.29) is 18.4 Å². The van der Waals surface area contributed by atoms with E-state index in [4.69, 9.17) is 0 Å². The van der Waals surface area contributed by atoms with E-state index in [1.54, 1.807) is 11.8 Å². The highest BCUT2D eigenvalue weighted by atomic mass is 16.2. The summed E-state index contributed by atoms with van der Waals surface area (Å²) in [6.45, 7) is 3.02. The van der Waals surface area contributed by atoms with Crippen molar-refractivity contribution in [3.05, 3.63) is 65.7 Å². The highest BCUT2D eigenvalue weighted by Gasteiger charge is 2.24. The van der Waals surface area contributed by atoms with Crippen molar-refractivity contribution in [1.29, 1.82) is 0 Å². The average molecular weight is 350 g/mol. The van der Waals surface area contributed by atoms with Crippen LogP contribution in [-0.4, -0.2) is 36.3 Å². The lowest BCUT2D eigenvalue weighted by Crippen LogP contribution is -2.44. The lowest BCUT2D eigenvalue weighted by Gasteiger charge is -2.31. The van der Waals surface area contributed by atoms with Crippen molar-refractivity contribution in [2.24, 2.45) is 0 Å². The minimum Gasteiger partial charge on any atom is -0.334 e. The molecule has 1 heterocycles. The van der Waals surface area contributed by atoms with E-state index < -0.39 is 0 Å². The van der Waals surface area contributed by atoms with Gasteiger partial charge in [0.1, 0.15) is 6.54 Å². The number of fused-ring (bicyclic) bond motifs is 1. The van der Waals surface area contributed by atoms with Crippen LogP contribution in [0.5, 0.6) is 0 Å². The van der Waals surface area contributed by atoms with Gasteiger partial charge in [-0.2, -0.15) is 0 Å². The average Bonchev–Trinajstić information content (AvgIpc) is 2.67. The number of carbonyl (C=O) groups is 2. The molecule has 4 heteroatoms. The number of anilines is 1. The normalized spacial score (nSPS) is 13.2. The van der Waals surface area contributed by atoms with Crippen LogP contribution in [-0.2, 0) is 22.4 Å². The molecule has 1 aliphatic rings. The maximum Gasteiger partial charge on any atom is 0.246 e. The molecule has 1 aliphatic heterocycles. The second-order valence-corrected chi connectivity index (χ2v) is 6.81. The number of benzene rings is 2. The van der Waals surface area contributed by atoms with Crippen LogP contribution in [0.2, 0.25) is 0 Å². The van der Waals surface area contributed by atoms with E-state index in [0.29, 0.717) is 6.54 Å². The van der Waals surface area contributed by atoms with Gasteiger partial charge in [0.2, 0.25) is 11.8 Å². The van der Waals surface area contributed by atoms with Gasteiger partial charge in [-0.15, -0.1) is 0 Å². The Hall–Kier alpha value is -2.62. The fourth-order valence-electron chi connectivity index (χ4n) is 3.51. The topological polar surface area (TPSA) is 40.6 Å². The predicted octanol–water partition coefficient (Wildman–Crippen LogP) is 3.45. The first-order valence-electron chi connectivity index (χ1n) is 9.33. The third-order valence-electron chi connectivity index (χ3n) is 4.92. The van der Waals surface area contributed by atoms with E-state index in [1.807, 2.05) is 41.3 Å². The molecule has 4 nitrogen and oxygen atoms in total. The van der Waals surface area contributed by atoms with Crippen LogP contribution in [0.15, 0.2) is 54.6 Å². The zero-order valence-electron chi connectivity index (χ0n) is 15.4. The Labute approximate surface area is 155 Å². The molecule has 3 rings (SSSR count). The standard InChI is InChI=1S/C22H26N2O2/c1-18(25)23(15-7-11-19-9-3-2-4-10-19)17-22(26)24-16-8-13-20-12-5-6-14-21(20)24/h2-6,9-10,12,14H,7-8,11,13,15-17H2,1H3. The summed E-state index contributed by atoms with van der Waals surface area (Å²) in [6.07, 6.45) is 3.74. The summed E-state index contributed by atoms with van der Waals surface area (Å²) in [4.78, 5) is 28.4. The first-order valence-corrected chi connectivity index (χ1v) is 9.33. The zero-order chi connectivity index (χ0) is 18.4. The summed E-state index contributed by atoms with van der Waals surface area (Å²) in [7, 11) is 0. The molecule has 136 valence electrons. The molecule has 0 saturated carbocycles. The molecular formula is C22H26N2O2. The molecule has 0 spiro atoms. The molecular weight excluding hydrogens is 324 g/mol. The summed E-state index contributed by atoms with van der Waals surface area (Å²) in [5.74, 6) is -0.0382. The van der Waals surface area contributed by atoms with Crippen molar-refractivity contribution in [3.8, 4) is 0 Å². The van der Waals surface area contributed by atoms with E-state index in [0.717, 1.165) is 37.9 Å². The van der Waals surface area contributed by atoms with Gasteiger partial charge in [-0.25, -0.2) is 0 Å². The van der Waals surface area contributed by atoms with Crippen LogP contribution in [0.1, 0.15) is 30.9 Å². The van der Waals surface area contributed by atoms with Crippen LogP contribution in [0.25, 0.3) is 0 Å². The van der Waals surface area contributed by atoms with Gasteiger partial charge in [0.15, 0.2) is 0 Å². The molecule has 0 radical (unpaired) electrons. The zero-order valence-corrected chi connectivity index (χ0v) is 15.4. The van der Waals surface area contributed by atoms with Crippen LogP contribution in [0.4, 0.5) is 5.69 Å². The lowest BCUT2D eigenvalue weighted by molar-refractivity contribution is -0.133. The maximum absolute atomic E-state index is 12.8. The molecule has 2 amide bonds.